The second kappa shape index (κ2) is 6.54. The maximum absolute atomic E-state index is 12.6. The van der Waals surface area contributed by atoms with Crippen LogP contribution in [0.4, 0.5) is 5.69 Å². The molecule has 0 bridgehead atoms. The van der Waals surface area contributed by atoms with E-state index in [1.54, 1.807) is 11.0 Å². The van der Waals surface area contributed by atoms with Gasteiger partial charge in [-0.1, -0.05) is 31.2 Å². The number of nitrogens with one attached hydrogen (secondary N) is 1. The third-order valence-corrected chi connectivity index (χ3v) is 4.56. The third kappa shape index (κ3) is 3.01. The first-order valence-corrected chi connectivity index (χ1v) is 8.38. The predicted octanol–water partition coefficient (Wildman–Crippen LogP) is 4.07. The van der Waals surface area contributed by atoms with Gasteiger partial charge in [0.1, 0.15) is 0 Å². The van der Waals surface area contributed by atoms with Gasteiger partial charge < -0.3 is 10.2 Å². The summed E-state index contributed by atoms with van der Waals surface area (Å²) in [4.78, 5) is 27.0. The van der Waals surface area contributed by atoms with Crippen LogP contribution in [0.3, 0.4) is 0 Å². The van der Waals surface area contributed by atoms with Crippen molar-refractivity contribution in [2.45, 2.75) is 19.9 Å². The highest BCUT2D eigenvalue weighted by Gasteiger charge is 2.31. The van der Waals surface area contributed by atoms with Crippen LogP contribution in [0.15, 0.2) is 46.9 Å². The number of carbonyl (C=O) groups excluding carboxylic acids is 2. The van der Waals surface area contributed by atoms with E-state index in [1.807, 2.05) is 43.3 Å². The highest BCUT2D eigenvalue weighted by Crippen LogP contribution is 2.28. The predicted molar refractivity (Wildman–Crippen MR) is 93.6 cm³/mol. The lowest BCUT2D eigenvalue weighted by Crippen LogP contribution is -2.26. The van der Waals surface area contributed by atoms with Crippen molar-refractivity contribution in [3.05, 3.63) is 63.6 Å². The van der Waals surface area contributed by atoms with Crippen molar-refractivity contribution in [1.29, 1.82) is 0 Å². The first-order chi connectivity index (χ1) is 11.1. The van der Waals surface area contributed by atoms with Gasteiger partial charge in [0, 0.05) is 17.6 Å². The molecule has 0 radical (unpaired) electrons. The molecule has 1 aliphatic rings. The minimum absolute atomic E-state index is 0.0558. The molecule has 3 rings (SSSR count). The first kappa shape index (κ1) is 15.7. The third-order valence-electron chi connectivity index (χ3n) is 3.87. The van der Waals surface area contributed by atoms with Crippen molar-refractivity contribution in [3.8, 4) is 0 Å². The van der Waals surface area contributed by atoms with Crippen LogP contribution in [0, 0.1) is 0 Å². The molecule has 1 heterocycles. The van der Waals surface area contributed by atoms with Crippen molar-refractivity contribution in [1.82, 2.24) is 4.90 Å². The average Bonchev–Trinajstić information content (AvgIpc) is 2.86. The molecule has 23 heavy (non-hydrogen) atoms. The van der Waals surface area contributed by atoms with E-state index in [2.05, 4.69) is 21.2 Å². The van der Waals surface area contributed by atoms with Crippen LogP contribution in [-0.2, 0) is 6.54 Å². The lowest BCUT2D eigenvalue weighted by atomic mass is 10.0. The minimum atomic E-state index is -0.263. The van der Waals surface area contributed by atoms with Gasteiger partial charge in [-0.05, 0) is 46.1 Å². The molecule has 0 saturated carbocycles. The second-order valence-corrected chi connectivity index (χ2v) is 6.35. The van der Waals surface area contributed by atoms with Gasteiger partial charge in [0.15, 0.2) is 0 Å². The molecule has 2 aromatic carbocycles. The van der Waals surface area contributed by atoms with E-state index in [9.17, 15) is 9.59 Å². The van der Waals surface area contributed by atoms with Crippen molar-refractivity contribution < 1.29 is 9.59 Å². The molecule has 0 atom stereocenters. The molecule has 2 amide bonds. The number of anilines is 1. The quantitative estimate of drug-likeness (QED) is 0.879. The highest BCUT2D eigenvalue weighted by atomic mass is 79.9. The Kier molecular flexibility index (Phi) is 4.48. The fraction of sp³-hybridized carbons (Fsp3) is 0.222. The van der Waals surface area contributed by atoms with Gasteiger partial charge in [-0.25, -0.2) is 0 Å². The summed E-state index contributed by atoms with van der Waals surface area (Å²) in [5.41, 5.74) is 2.57. The van der Waals surface area contributed by atoms with Gasteiger partial charge in [-0.2, -0.15) is 0 Å². The van der Waals surface area contributed by atoms with Gasteiger partial charge in [0.25, 0.3) is 11.8 Å². The largest absolute Gasteiger partial charge is 0.334 e. The molecule has 0 aliphatic carbocycles. The molecule has 2 aromatic rings. The number of nitrogens with zero attached hydrogens (tertiary/aromatic N) is 1. The summed E-state index contributed by atoms with van der Waals surface area (Å²) in [7, 11) is 0. The van der Waals surface area contributed by atoms with Crippen LogP contribution in [0.5, 0.6) is 0 Å². The van der Waals surface area contributed by atoms with Crippen molar-refractivity contribution in [2.24, 2.45) is 0 Å². The fourth-order valence-electron chi connectivity index (χ4n) is 2.81. The molecule has 0 spiro atoms. The molecular formula is C18H17BrN2O2. The van der Waals surface area contributed by atoms with E-state index in [0.29, 0.717) is 29.9 Å². The van der Waals surface area contributed by atoms with Crippen molar-refractivity contribution in [2.75, 3.05) is 11.9 Å². The highest BCUT2D eigenvalue weighted by molar-refractivity contribution is 9.10. The second-order valence-electron chi connectivity index (χ2n) is 5.50. The molecule has 4 nitrogen and oxygen atoms in total. The summed E-state index contributed by atoms with van der Waals surface area (Å²) in [6.45, 7) is 3.33. The monoisotopic (exact) mass is 372 g/mol. The standard InChI is InChI=1S/C18H17BrN2O2/c1-2-10-21-11-12-6-5-7-13(16(12)18(21)23)17(22)20-15-9-4-3-8-14(15)19/h3-9H,2,10-11H2,1H3,(H,20,22). The summed E-state index contributed by atoms with van der Waals surface area (Å²) < 4.78 is 0.805. The molecule has 0 unspecified atom stereocenters. The van der Waals surface area contributed by atoms with Crippen molar-refractivity contribution in [3.63, 3.8) is 0 Å². The van der Waals surface area contributed by atoms with Gasteiger partial charge in [0.2, 0.25) is 0 Å². The summed E-state index contributed by atoms with van der Waals surface area (Å²) in [6, 6.07) is 12.9. The van der Waals surface area contributed by atoms with E-state index in [4.69, 9.17) is 0 Å². The Balaban J connectivity index is 1.91. The van der Waals surface area contributed by atoms with Gasteiger partial charge in [-0.3, -0.25) is 9.59 Å². The van der Waals surface area contributed by atoms with E-state index in [0.717, 1.165) is 16.5 Å². The SMILES string of the molecule is CCCN1Cc2cccc(C(=O)Nc3ccccc3Br)c2C1=O. The maximum Gasteiger partial charge on any atom is 0.256 e. The van der Waals surface area contributed by atoms with E-state index >= 15 is 0 Å². The molecule has 118 valence electrons. The summed E-state index contributed by atoms with van der Waals surface area (Å²) in [5.74, 6) is -0.319. The number of para-hydroxylation sites is 1. The molecule has 1 aliphatic heterocycles. The van der Waals surface area contributed by atoms with E-state index in [1.165, 1.54) is 0 Å². The summed E-state index contributed by atoms with van der Waals surface area (Å²) in [5, 5.41) is 2.87. The molecule has 0 saturated heterocycles. The Labute approximate surface area is 143 Å². The minimum Gasteiger partial charge on any atom is -0.334 e. The lowest BCUT2D eigenvalue weighted by Gasteiger charge is -2.14. The number of hydrogen-bond acceptors (Lipinski definition) is 2. The first-order valence-electron chi connectivity index (χ1n) is 7.59. The molecular weight excluding hydrogens is 356 g/mol. The Morgan fingerprint density at radius 3 is 2.74 bits per heavy atom. The van der Waals surface area contributed by atoms with Gasteiger partial charge in [-0.15, -0.1) is 0 Å². The fourth-order valence-corrected chi connectivity index (χ4v) is 3.20. The summed E-state index contributed by atoms with van der Waals surface area (Å²) in [6.07, 6.45) is 0.901. The number of hydrogen-bond donors (Lipinski definition) is 1. The lowest BCUT2D eigenvalue weighted by molar-refractivity contribution is 0.0774. The van der Waals surface area contributed by atoms with Crippen LogP contribution >= 0.6 is 15.9 Å². The molecule has 5 heteroatoms. The topological polar surface area (TPSA) is 49.4 Å². The van der Waals surface area contributed by atoms with Crippen LogP contribution < -0.4 is 5.32 Å². The zero-order valence-electron chi connectivity index (χ0n) is 12.8. The molecule has 0 fully saturated rings. The number of halogens is 1. The Hall–Kier alpha value is -2.14. The Morgan fingerprint density at radius 1 is 1.22 bits per heavy atom. The van der Waals surface area contributed by atoms with Gasteiger partial charge in [0.05, 0.1) is 16.8 Å². The van der Waals surface area contributed by atoms with Crippen molar-refractivity contribution >= 4 is 33.4 Å². The van der Waals surface area contributed by atoms with Crippen LogP contribution in [0.1, 0.15) is 39.6 Å². The van der Waals surface area contributed by atoms with E-state index in [-0.39, 0.29) is 11.8 Å². The Morgan fingerprint density at radius 2 is 2.00 bits per heavy atom. The molecule has 0 aromatic heterocycles. The number of carbonyl (C=O) groups is 2. The van der Waals surface area contributed by atoms with Gasteiger partial charge >= 0.3 is 0 Å². The van der Waals surface area contributed by atoms with E-state index < -0.39 is 0 Å². The average molecular weight is 373 g/mol. The van der Waals surface area contributed by atoms with Crippen LogP contribution in [-0.4, -0.2) is 23.3 Å². The number of amides is 2. The van der Waals surface area contributed by atoms with Crippen LogP contribution in [0.25, 0.3) is 0 Å². The number of fused-ring (bicyclic) bond motifs is 1. The zero-order valence-corrected chi connectivity index (χ0v) is 14.4. The summed E-state index contributed by atoms with van der Waals surface area (Å²) >= 11 is 3.41. The Bertz CT molecular complexity index is 773. The smallest absolute Gasteiger partial charge is 0.256 e. The zero-order chi connectivity index (χ0) is 16.4. The number of benzene rings is 2. The normalized spacial score (nSPS) is 13.1. The van der Waals surface area contributed by atoms with Crippen LogP contribution in [0.2, 0.25) is 0 Å². The maximum atomic E-state index is 12.6. The molecule has 1 N–H and O–H groups in total. The number of rotatable bonds is 4.